The van der Waals surface area contributed by atoms with Crippen LogP contribution in [0.15, 0.2) is 4.99 Å². The van der Waals surface area contributed by atoms with E-state index in [1.165, 1.54) is 6.26 Å². The van der Waals surface area contributed by atoms with Gasteiger partial charge in [0.2, 0.25) is 0 Å². The fourth-order valence-electron chi connectivity index (χ4n) is 1.15. The van der Waals surface area contributed by atoms with Crippen molar-refractivity contribution in [3.8, 4) is 0 Å². The predicted octanol–water partition coefficient (Wildman–Crippen LogP) is 0.337. The maximum absolute atomic E-state index is 11.0. The van der Waals surface area contributed by atoms with Crippen LogP contribution in [0.2, 0.25) is 0 Å². The molecule has 0 saturated carbocycles. The molecule has 1 unspecified atom stereocenters. The molecule has 0 heterocycles. The van der Waals surface area contributed by atoms with Gasteiger partial charge in [-0.3, -0.25) is 4.99 Å². The van der Waals surface area contributed by atoms with Crippen LogP contribution in [0.1, 0.15) is 20.3 Å². The topological polar surface area (TPSA) is 61.8 Å². The Morgan fingerprint density at radius 3 is 2.38 bits per heavy atom. The van der Waals surface area contributed by atoms with Crippen molar-refractivity contribution in [3.05, 3.63) is 0 Å². The molecule has 1 N–H and O–H groups in total. The molecule has 5 nitrogen and oxygen atoms in total. The molecule has 0 saturated heterocycles. The molecule has 0 aliphatic carbocycles. The van der Waals surface area contributed by atoms with E-state index >= 15 is 0 Å². The van der Waals surface area contributed by atoms with E-state index in [9.17, 15) is 8.42 Å². The van der Waals surface area contributed by atoms with Crippen LogP contribution in [-0.4, -0.2) is 58.0 Å². The van der Waals surface area contributed by atoms with Gasteiger partial charge in [-0.1, -0.05) is 0 Å². The third kappa shape index (κ3) is 7.50. The minimum Gasteiger partial charge on any atom is -0.354 e. The van der Waals surface area contributed by atoms with Crippen LogP contribution < -0.4 is 5.32 Å². The first-order valence-electron chi connectivity index (χ1n) is 5.42. The number of nitrogens with zero attached hydrogens (tertiary/aromatic N) is 2. The van der Waals surface area contributed by atoms with E-state index in [0.717, 1.165) is 5.96 Å². The zero-order chi connectivity index (χ0) is 12.8. The Hall–Kier alpha value is -0.780. The molecule has 0 aromatic carbocycles. The highest BCUT2D eigenvalue weighted by Gasteiger charge is 2.10. The number of aliphatic imine (C=N–C) groups is 1. The second-order valence-electron chi connectivity index (χ2n) is 4.16. The molecule has 0 radical (unpaired) electrons. The Labute approximate surface area is 98.9 Å². The van der Waals surface area contributed by atoms with Crippen LogP contribution in [-0.2, 0) is 9.84 Å². The van der Waals surface area contributed by atoms with Gasteiger partial charge < -0.3 is 10.2 Å². The molecule has 0 aromatic rings. The number of hydrogen-bond acceptors (Lipinski definition) is 3. The Morgan fingerprint density at radius 1 is 1.44 bits per heavy atom. The van der Waals surface area contributed by atoms with E-state index in [-0.39, 0.29) is 11.8 Å². The molecule has 0 bridgehead atoms. The molecule has 1 atom stereocenters. The summed E-state index contributed by atoms with van der Waals surface area (Å²) in [6.45, 7) is 4.63. The standard InChI is InChI=1S/C10H23N3O2S/c1-6-11-10(13(3)4)12-9(2)7-8-16(5,14)15/h9H,6-8H2,1-5H3,(H,11,12). The minimum absolute atomic E-state index is 0.0995. The van der Waals surface area contributed by atoms with Gasteiger partial charge in [0.1, 0.15) is 9.84 Å². The van der Waals surface area contributed by atoms with Gasteiger partial charge in [0.05, 0.1) is 5.75 Å². The lowest BCUT2D eigenvalue weighted by molar-refractivity contribution is 0.534. The summed E-state index contributed by atoms with van der Waals surface area (Å²) in [5.74, 6) is 0.997. The van der Waals surface area contributed by atoms with Gasteiger partial charge in [-0.15, -0.1) is 0 Å². The van der Waals surface area contributed by atoms with Crippen LogP contribution in [0.4, 0.5) is 0 Å². The fourth-order valence-corrected chi connectivity index (χ4v) is 1.93. The maximum atomic E-state index is 11.0. The Kier molecular flexibility index (Phi) is 6.40. The minimum atomic E-state index is -2.88. The van der Waals surface area contributed by atoms with Gasteiger partial charge in [0.25, 0.3) is 0 Å². The van der Waals surface area contributed by atoms with Gasteiger partial charge in [-0.25, -0.2) is 8.42 Å². The molecule has 0 spiro atoms. The van der Waals surface area contributed by atoms with E-state index in [1.807, 2.05) is 32.8 Å². The van der Waals surface area contributed by atoms with Crippen molar-refractivity contribution in [3.63, 3.8) is 0 Å². The van der Waals surface area contributed by atoms with Gasteiger partial charge >= 0.3 is 0 Å². The summed E-state index contributed by atoms with van der Waals surface area (Å²) in [5.41, 5.74) is 0. The molecule has 16 heavy (non-hydrogen) atoms. The Bertz CT molecular complexity index is 323. The quantitative estimate of drug-likeness (QED) is 0.564. The second-order valence-corrected chi connectivity index (χ2v) is 6.42. The number of guanidine groups is 1. The molecular formula is C10H23N3O2S. The lowest BCUT2D eigenvalue weighted by Gasteiger charge is -2.21. The fraction of sp³-hybridized carbons (Fsp3) is 0.900. The number of sulfone groups is 1. The highest BCUT2D eigenvalue weighted by molar-refractivity contribution is 7.90. The van der Waals surface area contributed by atoms with E-state index < -0.39 is 9.84 Å². The average molecular weight is 249 g/mol. The highest BCUT2D eigenvalue weighted by atomic mass is 32.2. The molecular weight excluding hydrogens is 226 g/mol. The lowest BCUT2D eigenvalue weighted by atomic mass is 10.3. The van der Waals surface area contributed by atoms with Gasteiger partial charge in [-0.2, -0.15) is 0 Å². The molecule has 0 aliphatic heterocycles. The number of nitrogens with one attached hydrogen (secondary N) is 1. The predicted molar refractivity (Wildman–Crippen MR) is 68.6 cm³/mol. The van der Waals surface area contributed by atoms with E-state index in [1.54, 1.807) is 0 Å². The maximum Gasteiger partial charge on any atom is 0.193 e. The van der Waals surface area contributed by atoms with Crippen LogP contribution >= 0.6 is 0 Å². The van der Waals surface area contributed by atoms with Gasteiger partial charge in [-0.05, 0) is 20.3 Å². The number of rotatable bonds is 5. The molecule has 0 fully saturated rings. The monoisotopic (exact) mass is 249 g/mol. The zero-order valence-electron chi connectivity index (χ0n) is 10.8. The van der Waals surface area contributed by atoms with E-state index in [4.69, 9.17) is 0 Å². The summed E-state index contributed by atoms with van der Waals surface area (Å²) >= 11 is 0. The smallest absolute Gasteiger partial charge is 0.193 e. The van der Waals surface area contributed by atoms with Crippen molar-refractivity contribution in [2.45, 2.75) is 26.3 Å². The van der Waals surface area contributed by atoms with Crippen molar-refractivity contribution in [2.24, 2.45) is 4.99 Å². The third-order valence-electron chi connectivity index (χ3n) is 2.03. The van der Waals surface area contributed by atoms with Crippen molar-refractivity contribution >= 4 is 15.8 Å². The van der Waals surface area contributed by atoms with Crippen molar-refractivity contribution in [2.75, 3.05) is 32.6 Å². The lowest BCUT2D eigenvalue weighted by Crippen LogP contribution is -2.42. The van der Waals surface area contributed by atoms with Crippen LogP contribution in [0.25, 0.3) is 0 Å². The SMILES string of the molecule is CCN=C(NC(C)CCS(C)(=O)=O)N(C)C. The molecule has 0 aromatic heterocycles. The highest BCUT2D eigenvalue weighted by Crippen LogP contribution is 1.96. The average Bonchev–Trinajstić information content (AvgIpc) is 2.13. The normalized spacial score (nSPS) is 14.7. The molecule has 0 rings (SSSR count). The van der Waals surface area contributed by atoms with E-state index in [0.29, 0.717) is 13.0 Å². The van der Waals surface area contributed by atoms with Crippen LogP contribution in [0, 0.1) is 0 Å². The Morgan fingerprint density at radius 2 is 2.00 bits per heavy atom. The summed E-state index contributed by atoms with van der Waals surface area (Å²) in [6, 6.07) is 0.0995. The van der Waals surface area contributed by atoms with Crippen molar-refractivity contribution < 1.29 is 8.42 Å². The van der Waals surface area contributed by atoms with Crippen LogP contribution in [0.5, 0.6) is 0 Å². The first-order chi connectivity index (χ1) is 7.26. The molecule has 96 valence electrons. The largest absolute Gasteiger partial charge is 0.354 e. The first-order valence-corrected chi connectivity index (χ1v) is 7.48. The van der Waals surface area contributed by atoms with Gasteiger partial charge in [0, 0.05) is 32.9 Å². The van der Waals surface area contributed by atoms with Gasteiger partial charge in [0.15, 0.2) is 5.96 Å². The second kappa shape index (κ2) is 6.73. The summed E-state index contributed by atoms with van der Waals surface area (Å²) in [5, 5.41) is 3.20. The van der Waals surface area contributed by atoms with Crippen LogP contribution in [0.3, 0.4) is 0 Å². The van der Waals surface area contributed by atoms with Crippen molar-refractivity contribution in [1.82, 2.24) is 10.2 Å². The summed E-state index contributed by atoms with van der Waals surface area (Å²) in [7, 11) is 0.934. The van der Waals surface area contributed by atoms with E-state index in [2.05, 4.69) is 10.3 Å². The summed E-state index contributed by atoms with van der Waals surface area (Å²) in [6.07, 6.45) is 1.85. The third-order valence-corrected chi connectivity index (χ3v) is 3.01. The van der Waals surface area contributed by atoms with Crippen molar-refractivity contribution in [1.29, 1.82) is 0 Å². The molecule has 6 heteroatoms. The first kappa shape index (κ1) is 15.2. The molecule has 0 aliphatic rings. The summed E-state index contributed by atoms with van der Waals surface area (Å²) < 4.78 is 22.0. The summed E-state index contributed by atoms with van der Waals surface area (Å²) in [4.78, 5) is 6.18. The molecule has 0 amide bonds. The zero-order valence-corrected chi connectivity index (χ0v) is 11.6. The number of hydrogen-bond donors (Lipinski definition) is 1. The Balaban J connectivity index is 4.21.